The maximum absolute atomic E-state index is 11.0. The lowest BCUT2D eigenvalue weighted by atomic mass is 10.0. The second kappa shape index (κ2) is 6.21. The first-order valence-electron chi connectivity index (χ1n) is 6.23. The molecule has 3 atom stereocenters. The normalized spacial score (nSPS) is 24.6. The fourth-order valence-corrected chi connectivity index (χ4v) is 2.31. The molecule has 0 aromatic rings. The van der Waals surface area contributed by atoms with Crippen LogP contribution in [-0.2, 0) is 4.79 Å². The van der Waals surface area contributed by atoms with Crippen LogP contribution in [0, 0.1) is 5.92 Å². The highest BCUT2D eigenvalue weighted by Crippen LogP contribution is 2.12. The lowest BCUT2D eigenvalue weighted by molar-refractivity contribution is -0.140. The van der Waals surface area contributed by atoms with Crippen molar-refractivity contribution in [2.24, 2.45) is 5.92 Å². The van der Waals surface area contributed by atoms with Gasteiger partial charge in [0.05, 0.1) is 0 Å². The van der Waals surface area contributed by atoms with E-state index in [0.717, 1.165) is 13.0 Å². The van der Waals surface area contributed by atoms with Gasteiger partial charge in [-0.2, -0.15) is 0 Å². The van der Waals surface area contributed by atoms with Gasteiger partial charge in [-0.05, 0) is 38.6 Å². The van der Waals surface area contributed by atoms with Gasteiger partial charge in [0.25, 0.3) is 0 Å². The molecule has 1 aliphatic heterocycles. The lowest BCUT2D eigenvalue weighted by Gasteiger charge is -2.24. The van der Waals surface area contributed by atoms with E-state index in [4.69, 9.17) is 5.11 Å². The van der Waals surface area contributed by atoms with E-state index in [1.54, 1.807) is 0 Å². The summed E-state index contributed by atoms with van der Waals surface area (Å²) in [5.41, 5.74) is 0. The zero-order valence-electron chi connectivity index (χ0n) is 10.5. The summed E-state index contributed by atoms with van der Waals surface area (Å²) in [6, 6.07) is 0.375. The van der Waals surface area contributed by atoms with Crippen LogP contribution in [0.25, 0.3) is 0 Å². The molecule has 16 heavy (non-hydrogen) atoms. The van der Waals surface area contributed by atoms with E-state index in [2.05, 4.69) is 17.6 Å². The minimum Gasteiger partial charge on any atom is -0.480 e. The van der Waals surface area contributed by atoms with Crippen LogP contribution in [0.4, 0.5) is 0 Å². The highest BCUT2D eigenvalue weighted by atomic mass is 16.4. The third-order valence-corrected chi connectivity index (χ3v) is 3.20. The third kappa shape index (κ3) is 4.10. The smallest absolute Gasteiger partial charge is 0.320 e. The molecule has 1 fully saturated rings. The Kier molecular flexibility index (Phi) is 5.22. The first-order valence-corrected chi connectivity index (χ1v) is 6.23. The van der Waals surface area contributed by atoms with Crippen molar-refractivity contribution in [2.45, 2.75) is 58.2 Å². The van der Waals surface area contributed by atoms with Crippen molar-refractivity contribution in [3.63, 3.8) is 0 Å². The second-order valence-corrected chi connectivity index (χ2v) is 5.16. The average molecular weight is 228 g/mol. The van der Waals surface area contributed by atoms with E-state index >= 15 is 0 Å². The minimum absolute atomic E-state index is 0.122. The van der Waals surface area contributed by atoms with E-state index in [-0.39, 0.29) is 12.0 Å². The molecule has 1 rings (SSSR count). The summed E-state index contributed by atoms with van der Waals surface area (Å²) in [6.45, 7) is 7.04. The van der Waals surface area contributed by atoms with Crippen molar-refractivity contribution in [1.82, 2.24) is 10.6 Å². The van der Waals surface area contributed by atoms with E-state index in [0.29, 0.717) is 6.04 Å². The molecule has 0 radical (unpaired) electrons. The molecule has 1 aliphatic rings. The van der Waals surface area contributed by atoms with Crippen LogP contribution in [0.15, 0.2) is 0 Å². The van der Waals surface area contributed by atoms with E-state index < -0.39 is 12.0 Å². The molecule has 0 saturated carbocycles. The molecule has 0 spiro atoms. The van der Waals surface area contributed by atoms with Crippen molar-refractivity contribution in [3.05, 3.63) is 0 Å². The second-order valence-electron chi connectivity index (χ2n) is 5.16. The molecule has 4 nitrogen and oxygen atoms in total. The highest BCUT2D eigenvalue weighted by Gasteiger charge is 2.24. The van der Waals surface area contributed by atoms with Gasteiger partial charge in [-0.1, -0.05) is 13.8 Å². The molecule has 0 bridgehead atoms. The zero-order valence-corrected chi connectivity index (χ0v) is 10.5. The van der Waals surface area contributed by atoms with E-state index in [1.165, 1.54) is 12.8 Å². The van der Waals surface area contributed by atoms with Gasteiger partial charge in [-0.25, -0.2) is 0 Å². The number of aliphatic carboxylic acids is 1. The first-order chi connectivity index (χ1) is 7.50. The highest BCUT2D eigenvalue weighted by molar-refractivity contribution is 5.73. The average Bonchev–Trinajstić information content (AvgIpc) is 2.65. The van der Waals surface area contributed by atoms with Crippen molar-refractivity contribution in [1.29, 1.82) is 0 Å². The van der Waals surface area contributed by atoms with Crippen molar-refractivity contribution >= 4 is 5.97 Å². The number of carbonyl (C=O) groups is 1. The van der Waals surface area contributed by atoms with Gasteiger partial charge < -0.3 is 15.7 Å². The number of rotatable bonds is 6. The number of nitrogens with one attached hydrogen (secondary N) is 2. The molecule has 3 N–H and O–H groups in total. The monoisotopic (exact) mass is 228 g/mol. The predicted molar refractivity (Wildman–Crippen MR) is 64.5 cm³/mol. The first kappa shape index (κ1) is 13.5. The van der Waals surface area contributed by atoms with Gasteiger partial charge in [-0.15, -0.1) is 0 Å². The van der Waals surface area contributed by atoms with E-state index in [1.807, 2.05) is 13.8 Å². The van der Waals surface area contributed by atoms with Gasteiger partial charge >= 0.3 is 5.97 Å². The zero-order chi connectivity index (χ0) is 12.1. The molecular formula is C12H24N2O2. The van der Waals surface area contributed by atoms with Gasteiger partial charge in [-0.3, -0.25) is 4.79 Å². The topological polar surface area (TPSA) is 61.4 Å². The molecule has 0 aliphatic carbocycles. The molecule has 1 heterocycles. The number of carboxylic acid groups (broad SMARTS) is 1. The Morgan fingerprint density at radius 3 is 2.62 bits per heavy atom. The maximum atomic E-state index is 11.0. The SMILES string of the molecule is CC(CC1CCCN1)NC(C(=O)O)C(C)C. The summed E-state index contributed by atoms with van der Waals surface area (Å²) in [7, 11) is 0. The van der Waals surface area contributed by atoms with Crippen molar-refractivity contribution < 1.29 is 9.90 Å². The van der Waals surface area contributed by atoms with Crippen LogP contribution in [-0.4, -0.2) is 35.7 Å². The van der Waals surface area contributed by atoms with Crippen molar-refractivity contribution in [3.8, 4) is 0 Å². The molecule has 4 heteroatoms. The Bertz CT molecular complexity index is 225. The molecule has 3 unspecified atom stereocenters. The van der Waals surface area contributed by atoms with Crippen LogP contribution >= 0.6 is 0 Å². The van der Waals surface area contributed by atoms with Crippen LogP contribution in [0.1, 0.15) is 40.0 Å². The number of carboxylic acids is 1. The summed E-state index contributed by atoms with van der Waals surface area (Å²) in [5.74, 6) is -0.627. The van der Waals surface area contributed by atoms with Crippen LogP contribution < -0.4 is 10.6 Å². The van der Waals surface area contributed by atoms with Gasteiger partial charge in [0.15, 0.2) is 0 Å². The Balaban J connectivity index is 2.35. The fraction of sp³-hybridized carbons (Fsp3) is 0.917. The van der Waals surface area contributed by atoms with E-state index in [9.17, 15) is 4.79 Å². The van der Waals surface area contributed by atoms with Gasteiger partial charge in [0.2, 0.25) is 0 Å². The summed E-state index contributed by atoms with van der Waals surface area (Å²) in [5, 5.41) is 15.7. The third-order valence-electron chi connectivity index (χ3n) is 3.20. The van der Waals surface area contributed by atoms with Gasteiger partial charge in [0.1, 0.15) is 6.04 Å². The molecule has 0 amide bonds. The summed E-state index contributed by atoms with van der Waals surface area (Å²) in [6.07, 6.45) is 3.46. The van der Waals surface area contributed by atoms with Crippen LogP contribution in [0.5, 0.6) is 0 Å². The fourth-order valence-electron chi connectivity index (χ4n) is 2.31. The molecule has 0 aromatic heterocycles. The quantitative estimate of drug-likeness (QED) is 0.639. The Hall–Kier alpha value is -0.610. The van der Waals surface area contributed by atoms with Crippen molar-refractivity contribution in [2.75, 3.05) is 6.54 Å². The lowest BCUT2D eigenvalue weighted by Crippen LogP contribution is -2.47. The summed E-state index contributed by atoms with van der Waals surface area (Å²) >= 11 is 0. The largest absolute Gasteiger partial charge is 0.480 e. The minimum atomic E-state index is -0.749. The molecular weight excluding hydrogens is 204 g/mol. The number of hydrogen-bond acceptors (Lipinski definition) is 3. The molecule has 1 saturated heterocycles. The summed E-state index contributed by atoms with van der Waals surface area (Å²) in [4.78, 5) is 11.0. The molecule has 0 aromatic carbocycles. The van der Waals surface area contributed by atoms with Crippen LogP contribution in [0.2, 0.25) is 0 Å². The number of hydrogen-bond donors (Lipinski definition) is 3. The summed E-state index contributed by atoms with van der Waals surface area (Å²) < 4.78 is 0. The molecule has 94 valence electrons. The van der Waals surface area contributed by atoms with Crippen LogP contribution in [0.3, 0.4) is 0 Å². The van der Waals surface area contributed by atoms with Gasteiger partial charge in [0, 0.05) is 12.1 Å². The predicted octanol–water partition coefficient (Wildman–Crippen LogP) is 1.22. The maximum Gasteiger partial charge on any atom is 0.320 e. The Morgan fingerprint density at radius 1 is 1.50 bits per heavy atom. The Morgan fingerprint density at radius 2 is 2.19 bits per heavy atom. The standard InChI is InChI=1S/C12H24N2O2/c1-8(2)11(12(15)16)14-9(3)7-10-5-4-6-13-10/h8-11,13-14H,4-7H2,1-3H3,(H,15,16). The Labute approximate surface area is 97.8 Å².